The summed E-state index contributed by atoms with van der Waals surface area (Å²) in [4.78, 5) is 2.17. The number of nitrogens with zero attached hydrogens (tertiary/aromatic N) is 5. The Bertz CT molecular complexity index is 1030. The van der Waals surface area contributed by atoms with Gasteiger partial charge in [-0.25, -0.2) is 0 Å². The van der Waals surface area contributed by atoms with Gasteiger partial charge in [-0.2, -0.15) is 18.4 Å². The molecule has 5 nitrogen and oxygen atoms in total. The first-order valence-electron chi connectivity index (χ1n) is 9.08. The predicted octanol–water partition coefficient (Wildman–Crippen LogP) is 4.00. The largest absolute Gasteiger partial charge is 0.416 e. The number of hydrogen-bond donors (Lipinski definition) is 0. The highest BCUT2D eigenvalue weighted by Crippen LogP contribution is 2.38. The van der Waals surface area contributed by atoms with E-state index in [9.17, 15) is 13.2 Å². The third-order valence-corrected chi connectivity index (χ3v) is 5.26. The normalized spacial score (nSPS) is 16.4. The van der Waals surface area contributed by atoms with E-state index in [4.69, 9.17) is 5.26 Å². The first-order chi connectivity index (χ1) is 13.5. The molecule has 0 N–H and O–H groups in total. The van der Waals surface area contributed by atoms with Gasteiger partial charge in [-0.3, -0.25) is 9.30 Å². The zero-order chi connectivity index (χ0) is 19.7. The van der Waals surface area contributed by atoms with E-state index in [1.165, 1.54) is 6.07 Å². The maximum Gasteiger partial charge on any atom is 0.416 e. The van der Waals surface area contributed by atoms with Crippen LogP contribution in [0.5, 0.6) is 0 Å². The molecule has 0 unspecified atom stereocenters. The Morgan fingerprint density at radius 3 is 2.54 bits per heavy atom. The molecule has 0 aliphatic carbocycles. The van der Waals surface area contributed by atoms with Crippen LogP contribution in [0.25, 0.3) is 5.65 Å². The highest BCUT2D eigenvalue weighted by Gasteiger charge is 2.35. The Morgan fingerprint density at radius 2 is 1.82 bits per heavy atom. The van der Waals surface area contributed by atoms with Crippen molar-refractivity contribution in [1.29, 1.82) is 5.26 Å². The Hall–Kier alpha value is -2.92. The molecular weight excluding hydrogens is 367 g/mol. The molecule has 1 saturated heterocycles. The minimum Gasteiger partial charge on any atom is -0.296 e. The van der Waals surface area contributed by atoms with Crippen molar-refractivity contribution in [2.24, 2.45) is 0 Å². The van der Waals surface area contributed by atoms with Crippen LogP contribution in [0, 0.1) is 11.3 Å². The average Bonchev–Trinajstić information content (AvgIpc) is 3.10. The number of pyridine rings is 1. The number of hydrogen-bond acceptors (Lipinski definition) is 4. The van der Waals surface area contributed by atoms with Crippen LogP contribution in [0.3, 0.4) is 0 Å². The van der Waals surface area contributed by atoms with Gasteiger partial charge in [-0.15, -0.1) is 10.2 Å². The van der Waals surface area contributed by atoms with Crippen molar-refractivity contribution in [3.63, 3.8) is 0 Å². The smallest absolute Gasteiger partial charge is 0.296 e. The van der Waals surface area contributed by atoms with Crippen molar-refractivity contribution >= 4 is 5.65 Å². The van der Waals surface area contributed by atoms with E-state index in [2.05, 4.69) is 21.2 Å². The van der Waals surface area contributed by atoms with Crippen molar-refractivity contribution < 1.29 is 13.2 Å². The molecule has 8 heteroatoms. The molecule has 3 aromatic rings. The topological polar surface area (TPSA) is 57.2 Å². The van der Waals surface area contributed by atoms with Gasteiger partial charge < -0.3 is 0 Å². The summed E-state index contributed by atoms with van der Waals surface area (Å²) in [7, 11) is 0. The first-order valence-corrected chi connectivity index (χ1v) is 9.08. The number of nitriles is 1. The van der Waals surface area contributed by atoms with Gasteiger partial charge in [0.1, 0.15) is 6.07 Å². The van der Waals surface area contributed by atoms with E-state index >= 15 is 0 Å². The molecule has 0 bridgehead atoms. The number of likely N-dealkylation sites (tertiary alicyclic amines) is 1. The van der Waals surface area contributed by atoms with Crippen LogP contribution in [0.15, 0.2) is 42.6 Å². The number of piperidine rings is 1. The van der Waals surface area contributed by atoms with Gasteiger partial charge in [-0.1, -0.05) is 18.2 Å². The summed E-state index contributed by atoms with van der Waals surface area (Å²) in [5.41, 5.74) is 1.06. The number of benzene rings is 1. The molecule has 0 atom stereocenters. The summed E-state index contributed by atoms with van der Waals surface area (Å²) in [6, 6.07) is 11.4. The molecule has 0 radical (unpaired) electrons. The molecule has 1 fully saturated rings. The molecule has 28 heavy (non-hydrogen) atoms. The van der Waals surface area contributed by atoms with Crippen LogP contribution in [-0.4, -0.2) is 32.6 Å². The molecule has 0 saturated carbocycles. The van der Waals surface area contributed by atoms with Crippen LogP contribution in [0.4, 0.5) is 13.2 Å². The lowest BCUT2D eigenvalue weighted by molar-refractivity contribution is -0.138. The number of aromatic nitrogens is 3. The summed E-state index contributed by atoms with van der Waals surface area (Å²) < 4.78 is 41.7. The van der Waals surface area contributed by atoms with Gasteiger partial charge in [-0.05, 0) is 55.6 Å². The quantitative estimate of drug-likeness (QED) is 0.684. The number of rotatable bonds is 3. The summed E-state index contributed by atoms with van der Waals surface area (Å²) in [6.07, 6.45) is -1.30. The molecule has 2 aromatic heterocycles. The predicted molar refractivity (Wildman–Crippen MR) is 96.4 cm³/mol. The van der Waals surface area contributed by atoms with Crippen LogP contribution in [-0.2, 0) is 12.7 Å². The van der Waals surface area contributed by atoms with Gasteiger partial charge in [0.15, 0.2) is 11.5 Å². The van der Waals surface area contributed by atoms with Gasteiger partial charge in [0, 0.05) is 6.20 Å². The Labute approximate surface area is 160 Å². The third kappa shape index (κ3) is 3.58. The monoisotopic (exact) mass is 385 g/mol. The van der Waals surface area contributed by atoms with E-state index in [1.54, 1.807) is 34.9 Å². The maximum absolute atomic E-state index is 13.3. The lowest BCUT2D eigenvalue weighted by atomic mass is 9.86. The van der Waals surface area contributed by atoms with Crippen molar-refractivity contribution in [2.75, 3.05) is 13.1 Å². The zero-order valence-electron chi connectivity index (χ0n) is 15.0. The standard InChI is InChI=1S/C20H18F3N5/c21-20(22,23)17-4-2-1-3-16(17)15-7-9-27(10-8-15)13-19-26-25-18-6-5-14(11-24)12-28(18)19/h1-6,12,15H,7-10,13H2. The van der Waals surface area contributed by atoms with Crippen LogP contribution in [0.2, 0.25) is 0 Å². The zero-order valence-corrected chi connectivity index (χ0v) is 15.0. The van der Waals surface area contributed by atoms with Gasteiger partial charge in [0.2, 0.25) is 0 Å². The summed E-state index contributed by atoms with van der Waals surface area (Å²) >= 11 is 0. The van der Waals surface area contributed by atoms with Crippen molar-refractivity contribution in [1.82, 2.24) is 19.5 Å². The molecule has 3 heterocycles. The number of fused-ring (bicyclic) bond motifs is 1. The second-order valence-electron chi connectivity index (χ2n) is 7.01. The molecule has 1 aliphatic heterocycles. The lowest BCUT2D eigenvalue weighted by Gasteiger charge is -2.32. The second kappa shape index (κ2) is 7.24. The van der Waals surface area contributed by atoms with Gasteiger partial charge >= 0.3 is 6.18 Å². The maximum atomic E-state index is 13.3. The van der Waals surface area contributed by atoms with Crippen LogP contribution in [0.1, 0.15) is 41.3 Å². The van der Waals surface area contributed by atoms with E-state index < -0.39 is 11.7 Å². The van der Waals surface area contributed by atoms with Gasteiger partial charge in [0.05, 0.1) is 17.7 Å². The number of alkyl halides is 3. The Kier molecular flexibility index (Phi) is 4.77. The molecule has 0 amide bonds. The Balaban J connectivity index is 1.47. The van der Waals surface area contributed by atoms with Gasteiger partial charge in [0.25, 0.3) is 0 Å². The molecule has 1 aromatic carbocycles. The number of halogens is 3. The van der Waals surface area contributed by atoms with E-state index in [1.807, 2.05) is 0 Å². The fourth-order valence-corrected chi connectivity index (χ4v) is 3.83. The van der Waals surface area contributed by atoms with E-state index in [-0.39, 0.29) is 5.92 Å². The Morgan fingerprint density at radius 1 is 1.07 bits per heavy atom. The first kappa shape index (κ1) is 18.4. The van der Waals surface area contributed by atoms with Crippen molar-refractivity contribution in [3.05, 3.63) is 65.1 Å². The van der Waals surface area contributed by atoms with Crippen LogP contribution >= 0.6 is 0 Å². The average molecular weight is 385 g/mol. The van der Waals surface area contributed by atoms with Crippen LogP contribution < -0.4 is 0 Å². The molecule has 1 aliphatic rings. The SMILES string of the molecule is N#Cc1ccc2nnc(CN3CCC(c4ccccc4C(F)(F)F)CC3)n2c1. The second-order valence-corrected chi connectivity index (χ2v) is 7.01. The lowest BCUT2D eigenvalue weighted by Crippen LogP contribution is -2.33. The highest BCUT2D eigenvalue weighted by atomic mass is 19.4. The molecule has 0 spiro atoms. The summed E-state index contributed by atoms with van der Waals surface area (Å²) in [6.45, 7) is 1.91. The van der Waals surface area contributed by atoms with E-state index in [0.717, 1.165) is 11.9 Å². The van der Waals surface area contributed by atoms with Crippen molar-refractivity contribution in [3.8, 4) is 6.07 Å². The minimum atomic E-state index is -4.33. The summed E-state index contributed by atoms with van der Waals surface area (Å²) in [5, 5.41) is 17.4. The molecule has 144 valence electrons. The fourth-order valence-electron chi connectivity index (χ4n) is 3.83. The molecule has 4 rings (SSSR count). The fraction of sp³-hybridized carbons (Fsp3) is 0.350. The summed E-state index contributed by atoms with van der Waals surface area (Å²) in [5.74, 6) is 0.621. The minimum absolute atomic E-state index is 0.102. The highest BCUT2D eigenvalue weighted by molar-refractivity contribution is 5.42. The van der Waals surface area contributed by atoms with Crippen molar-refractivity contribution in [2.45, 2.75) is 31.5 Å². The third-order valence-electron chi connectivity index (χ3n) is 5.26. The van der Waals surface area contributed by atoms with E-state index in [0.29, 0.717) is 49.2 Å². The molecular formula is C20H18F3N5.